The molecule has 9 nitrogen and oxygen atoms in total. The predicted octanol–water partition coefficient (Wildman–Crippen LogP) is 3.96. The number of fused-ring (bicyclic) bond motifs is 1. The van der Waals surface area contributed by atoms with Crippen LogP contribution < -0.4 is 9.47 Å². The molecule has 0 spiro atoms. The van der Waals surface area contributed by atoms with Gasteiger partial charge in [0, 0.05) is 51.1 Å². The van der Waals surface area contributed by atoms with E-state index in [0.717, 1.165) is 44.3 Å². The highest BCUT2D eigenvalue weighted by Crippen LogP contribution is 2.43. The van der Waals surface area contributed by atoms with Crippen molar-refractivity contribution in [1.29, 1.82) is 0 Å². The van der Waals surface area contributed by atoms with E-state index in [9.17, 15) is 19.5 Å². The summed E-state index contributed by atoms with van der Waals surface area (Å²) in [5.74, 6) is -0.438. The fourth-order valence-corrected chi connectivity index (χ4v) is 6.34. The number of carbonyl (C=O) groups excluding carboxylic acids is 2. The van der Waals surface area contributed by atoms with Crippen molar-refractivity contribution in [2.45, 2.75) is 78.2 Å². The van der Waals surface area contributed by atoms with Gasteiger partial charge in [0.2, 0.25) is 18.6 Å². The summed E-state index contributed by atoms with van der Waals surface area (Å²) in [5, 5.41) is 10.5. The molecule has 0 aromatic heterocycles. The molecule has 0 radical (unpaired) electrons. The highest BCUT2D eigenvalue weighted by molar-refractivity contribution is 5.80. The Hall–Kier alpha value is -2.81. The van der Waals surface area contributed by atoms with Gasteiger partial charge in [-0.25, -0.2) is 0 Å². The van der Waals surface area contributed by atoms with E-state index in [4.69, 9.17) is 9.47 Å². The molecule has 2 fully saturated rings. The summed E-state index contributed by atoms with van der Waals surface area (Å²) < 4.78 is 11.0. The van der Waals surface area contributed by atoms with Gasteiger partial charge in [-0.1, -0.05) is 46.6 Å². The van der Waals surface area contributed by atoms with Crippen molar-refractivity contribution in [3.05, 3.63) is 23.8 Å². The minimum Gasteiger partial charge on any atom is -0.481 e. The monoisotopic (exact) mass is 543 g/mol. The van der Waals surface area contributed by atoms with Crippen LogP contribution in [0.2, 0.25) is 0 Å². The summed E-state index contributed by atoms with van der Waals surface area (Å²) in [6.07, 6.45) is 4.93. The maximum Gasteiger partial charge on any atom is 0.308 e. The maximum atomic E-state index is 13.6. The number of likely N-dealkylation sites (tertiary alicyclic amines) is 2. The molecule has 39 heavy (non-hydrogen) atoms. The van der Waals surface area contributed by atoms with Crippen LogP contribution in [0.4, 0.5) is 0 Å². The number of rotatable bonds is 13. The second kappa shape index (κ2) is 12.6. The largest absolute Gasteiger partial charge is 0.481 e. The van der Waals surface area contributed by atoms with E-state index in [1.807, 2.05) is 28.0 Å². The van der Waals surface area contributed by atoms with Crippen LogP contribution in [-0.4, -0.2) is 89.7 Å². The Morgan fingerprint density at radius 2 is 1.79 bits per heavy atom. The first-order chi connectivity index (χ1) is 18.6. The zero-order chi connectivity index (χ0) is 28.2. The number of carboxylic acid groups (broad SMARTS) is 1. The van der Waals surface area contributed by atoms with Crippen molar-refractivity contribution in [3.8, 4) is 11.5 Å². The Morgan fingerprint density at radius 3 is 2.41 bits per heavy atom. The molecule has 3 aliphatic rings. The molecule has 3 heterocycles. The molecule has 1 N–H and O–H groups in total. The molecule has 0 saturated carbocycles. The lowest BCUT2D eigenvalue weighted by Gasteiger charge is -2.31. The first-order valence-electron chi connectivity index (χ1n) is 14.6. The van der Waals surface area contributed by atoms with Crippen molar-refractivity contribution in [3.63, 3.8) is 0 Å². The summed E-state index contributed by atoms with van der Waals surface area (Å²) in [6.45, 7) is 11.8. The Bertz CT molecular complexity index is 1040. The van der Waals surface area contributed by atoms with E-state index < -0.39 is 11.9 Å². The van der Waals surface area contributed by atoms with E-state index in [-0.39, 0.29) is 42.5 Å². The van der Waals surface area contributed by atoms with Crippen molar-refractivity contribution >= 4 is 17.8 Å². The molecule has 0 aliphatic carbocycles. The minimum atomic E-state index is -0.875. The number of carbonyl (C=O) groups is 3. The normalized spacial score (nSPS) is 23.9. The van der Waals surface area contributed by atoms with Crippen LogP contribution in [0.15, 0.2) is 18.2 Å². The fourth-order valence-electron chi connectivity index (χ4n) is 6.34. The van der Waals surface area contributed by atoms with Crippen molar-refractivity contribution in [2.24, 2.45) is 11.3 Å². The summed E-state index contributed by atoms with van der Waals surface area (Å²) in [5.41, 5.74) is 0.793. The predicted molar refractivity (Wildman–Crippen MR) is 148 cm³/mol. The van der Waals surface area contributed by atoms with Gasteiger partial charge in [-0.2, -0.15) is 0 Å². The van der Waals surface area contributed by atoms with Crippen molar-refractivity contribution in [2.75, 3.05) is 46.1 Å². The van der Waals surface area contributed by atoms with Crippen molar-refractivity contribution in [1.82, 2.24) is 14.7 Å². The van der Waals surface area contributed by atoms with Crippen LogP contribution in [0.3, 0.4) is 0 Å². The standard InChI is InChI=1S/C30H45N3O6/c1-5-7-12-31(13-8-6-2)27(35)18-33-17-22(21-9-10-24-25(15-21)39-20-38-24)28(29(36)37)23(33)11-14-32-19-30(3,4)16-26(32)34/h9-10,15,22-23,28H,5-8,11-14,16-20H2,1-4H3,(H,36,37)/t22?,23-,28+/m1/s1. The van der Waals surface area contributed by atoms with Crippen LogP contribution in [0.25, 0.3) is 0 Å². The first kappa shape index (κ1) is 29.2. The van der Waals surface area contributed by atoms with E-state index in [1.165, 1.54) is 0 Å². The SMILES string of the molecule is CCCCN(CCCC)C(=O)CN1CC(c2ccc3c(c2)OCO3)[C@H](C(=O)O)[C@H]1CCN1CC(C)(C)CC1=O. The number of benzene rings is 1. The number of nitrogens with zero attached hydrogens (tertiary/aromatic N) is 3. The lowest BCUT2D eigenvalue weighted by atomic mass is 9.84. The minimum absolute atomic E-state index is 0.0516. The number of unbranched alkanes of at least 4 members (excludes halogenated alkanes) is 2. The summed E-state index contributed by atoms with van der Waals surface area (Å²) >= 11 is 0. The van der Waals surface area contributed by atoms with Gasteiger partial charge in [-0.15, -0.1) is 0 Å². The Balaban J connectivity index is 1.58. The Kier molecular flexibility index (Phi) is 9.41. The molecule has 1 unspecified atom stereocenters. The Labute approximate surface area is 232 Å². The average Bonchev–Trinajstić information content (AvgIpc) is 3.56. The smallest absolute Gasteiger partial charge is 0.308 e. The third kappa shape index (κ3) is 6.86. The van der Waals surface area contributed by atoms with E-state index in [0.29, 0.717) is 44.0 Å². The molecule has 4 rings (SSSR count). The number of hydrogen-bond donors (Lipinski definition) is 1. The molecular weight excluding hydrogens is 498 g/mol. The average molecular weight is 544 g/mol. The lowest BCUT2D eigenvalue weighted by molar-refractivity contribution is -0.144. The van der Waals surface area contributed by atoms with E-state index in [1.54, 1.807) is 0 Å². The van der Waals surface area contributed by atoms with Gasteiger partial charge in [-0.3, -0.25) is 19.3 Å². The zero-order valence-electron chi connectivity index (χ0n) is 24.0. The number of carboxylic acids is 1. The third-order valence-electron chi connectivity index (χ3n) is 8.41. The number of aliphatic carboxylic acids is 1. The van der Waals surface area contributed by atoms with Gasteiger partial charge in [-0.05, 0) is 42.4 Å². The topological polar surface area (TPSA) is 99.6 Å². The molecule has 216 valence electrons. The third-order valence-corrected chi connectivity index (χ3v) is 8.41. The van der Waals surface area contributed by atoms with Crippen LogP contribution in [0.1, 0.15) is 77.7 Å². The van der Waals surface area contributed by atoms with Gasteiger partial charge in [0.25, 0.3) is 0 Å². The van der Waals surface area contributed by atoms with Crippen LogP contribution in [-0.2, 0) is 14.4 Å². The lowest BCUT2D eigenvalue weighted by Crippen LogP contribution is -2.45. The van der Waals surface area contributed by atoms with Crippen molar-refractivity contribution < 1.29 is 29.0 Å². The Morgan fingerprint density at radius 1 is 1.10 bits per heavy atom. The van der Waals surface area contributed by atoms with E-state index >= 15 is 0 Å². The summed E-state index contributed by atoms with van der Waals surface area (Å²) in [4.78, 5) is 44.9. The molecule has 2 amide bonds. The molecular formula is C30H45N3O6. The molecule has 9 heteroatoms. The van der Waals surface area contributed by atoms with Gasteiger partial charge in [0.15, 0.2) is 11.5 Å². The second-order valence-corrected chi connectivity index (χ2v) is 12.1. The van der Waals surface area contributed by atoms with Gasteiger partial charge in [0.1, 0.15) is 0 Å². The van der Waals surface area contributed by atoms with Crippen LogP contribution >= 0.6 is 0 Å². The molecule has 0 bridgehead atoms. The summed E-state index contributed by atoms with van der Waals surface area (Å²) in [7, 11) is 0. The molecule has 3 atom stereocenters. The van der Waals surface area contributed by atoms with Gasteiger partial charge < -0.3 is 24.4 Å². The maximum absolute atomic E-state index is 13.6. The fraction of sp³-hybridized carbons (Fsp3) is 0.700. The summed E-state index contributed by atoms with van der Waals surface area (Å²) in [6, 6.07) is 5.27. The van der Waals surface area contributed by atoms with E-state index in [2.05, 4.69) is 32.6 Å². The van der Waals surface area contributed by atoms with Crippen LogP contribution in [0.5, 0.6) is 11.5 Å². The molecule has 3 aliphatic heterocycles. The highest BCUT2D eigenvalue weighted by Gasteiger charge is 2.48. The molecule has 1 aromatic carbocycles. The van der Waals surface area contributed by atoms with Gasteiger partial charge >= 0.3 is 5.97 Å². The molecule has 2 saturated heterocycles. The number of hydrogen-bond acceptors (Lipinski definition) is 6. The van der Waals surface area contributed by atoms with Gasteiger partial charge in [0.05, 0.1) is 12.5 Å². The zero-order valence-corrected chi connectivity index (χ0v) is 24.0. The molecule has 1 aromatic rings. The van der Waals surface area contributed by atoms with Crippen LogP contribution in [0, 0.1) is 11.3 Å². The number of amides is 2. The first-order valence-corrected chi connectivity index (χ1v) is 14.6. The second-order valence-electron chi connectivity index (χ2n) is 12.1. The quantitative estimate of drug-likeness (QED) is 0.402. The number of ether oxygens (including phenoxy) is 2. The highest BCUT2D eigenvalue weighted by atomic mass is 16.7.